The Labute approximate surface area is 136 Å². The number of rotatable bonds is 3. The average Bonchev–Trinajstić information content (AvgIpc) is 2.84. The SMILES string of the molecule is CC1CN(CC(=O)Nc2ccc3c(c2)OCO3)CC(C)N1.Cl. The maximum absolute atomic E-state index is 12.1. The molecule has 0 radical (unpaired) electrons. The number of nitrogens with one attached hydrogen (secondary N) is 2. The average molecular weight is 328 g/mol. The Morgan fingerprint density at radius 2 is 1.95 bits per heavy atom. The summed E-state index contributed by atoms with van der Waals surface area (Å²) in [6.07, 6.45) is 0. The minimum absolute atomic E-state index is 0. The zero-order valence-corrected chi connectivity index (χ0v) is 13.6. The first-order valence-corrected chi connectivity index (χ1v) is 7.28. The van der Waals surface area contributed by atoms with Gasteiger partial charge in [0.2, 0.25) is 12.7 Å². The van der Waals surface area contributed by atoms with E-state index in [-0.39, 0.29) is 25.1 Å². The van der Waals surface area contributed by atoms with Gasteiger partial charge in [0, 0.05) is 36.9 Å². The molecule has 1 aromatic carbocycles. The van der Waals surface area contributed by atoms with Crippen molar-refractivity contribution in [3.05, 3.63) is 18.2 Å². The van der Waals surface area contributed by atoms with Gasteiger partial charge in [0.1, 0.15) is 0 Å². The molecule has 2 aliphatic heterocycles. The summed E-state index contributed by atoms with van der Waals surface area (Å²) in [6, 6.07) is 6.25. The van der Waals surface area contributed by atoms with Crippen LogP contribution in [0.25, 0.3) is 0 Å². The highest BCUT2D eigenvalue weighted by atomic mass is 35.5. The van der Waals surface area contributed by atoms with Gasteiger partial charge in [-0.05, 0) is 26.0 Å². The molecule has 0 bridgehead atoms. The zero-order chi connectivity index (χ0) is 14.8. The van der Waals surface area contributed by atoms with Gasteiger partial charge in [-0.2, -0.15) is 0 Å². The molecule has 0 aromatic heterocycles. The normalized spacial score (nSPS) is 23.7. The number of amides is 1. The fourth-order valence-electron chi connectivity index (χ4n) is 2.95. The Hall–Kier alpha value is -1.50. The van der Waals surface area contributed by atoms with E-state index in [4.69, 9.17) is 9.47 Å². The molecule has 2 aliphatic rings. The molecule has 0 saturated carbocycles. The van der Waals surface area contributed by atoms with Gasteiger partial charge in [0.05, 0.1) is 6.54 Å². The van der Waals surface area contributed by atoms with Crippen LogP contribution >= 0.6 is 12.4 Å². The number of benzene rings is 1. The van der Waals surface area contributed by atoms with Gasteiger partial charge >= 0.3 is 0 Å². The number of halogens is 1. The van der Waals surface area contributed by atoms with Crippen molar-refractivity contribution in [2.75, 3.05) is 31.7 Å². The maximum atomic E-state index is 12.1. The lowest BCUT2D eigenvalue weighted by atomic mass is 10.1. The molecule has 1 aromatic rings. The Bertz CT molecular complexity index is 531. The Balaban J connectivity index is 0.00000176. The number of carbonyl (C=O) groups is 1. The smallest absolute Gasteiger partial charge is 0.238 e. The van der Waals surface area contributed by atoms with Crippen LogP contribution < -0.4 is 20.1 Å². The first-order valence-electron chi connectivity index (χ1n) is 7.28. The van der Waals surface area contributed by atoms with Crippen molar-refractivity contribution >= 4 is 24.0 Å². The monoisotopic (exact) mass is 327 g/mol. The number of fused-ring (bicyclic) bond motifs is 1. The molecular formula is C15H22ClN3O3. The molecule has 6 nitrogen and oxygen atoms in total. The summed E-state index contributed by atoms with van der Waals surface area (Å²) in [6.45, 7) is 6.70. The maximum Gasteiger partial charge on any atom is 0.238 e. The fourth-order valence-corrected chi connectivity index (χ4v) is 2.95. The van der Waals surface area contributed by atoms with E-state index in [0.29, 0.717) is 24.4 Å². The summed E-state index contributed by atoms with van der Waals surface area (Å²) in [5.74, 6) is 1.39. The summed E-state index contributed by atoms with van der Waals surface area (Å²) < 4.78 is 10.6. The van der Waals surface area contributed by atoms with E-state index in [0.717, 1.165) is 24.5 Å². The van der Waals surface area contributed by atoms with Crippen molar-refractivity contribution < 1.29 is 14.3 Å². The number of piperazine rings is 1. The van der Waals surface area contributed by atoms with Crippen LogP contribution in [0.2, 0.25) is 0 Å². The molecular weight excluding hydrogens is 306 g/mol. The standard InChI is InChI=1S/C15H21N3O3.ClH/c1-10-6-18(7-11(2)16-10)8-15(19)17-12-3-4-13-14(5-12)21-9-20-13;/h3-5,10-11,16H,6-9H2,1-2H3,(H,17,19);1H. The molecule has 1 amide bonds. The molecule has 2 N–H and O–H groups in total. The lowest BCUT2D eigenvalue weighted by Gasteiger charge is -2.35. The van der Waals surface area contributed by atoms with E-state index < -0.39 is 0 Å². The quantitative estimate of drug-likeness (QED) is 0.880. The molecule has 7 heteroatoms. The van der Waals surface area contributed by atoms with Crippen LogP contribution in [0, 0.1) is 0 Å². The summed E-state index contributed by atoms with van der Waals surface area (Å²) in [5.41, 5.74) is 0.737. The largest absolute Gasteiger partial charge is 0.454 e. The second kappa shape index (κ2) is 7.17. The van der Waals surface area contributed by atoms with Crippen LogP contribution in [0.15, 0.2) is 18.2 Å². The van der Waals surface area contributed by atoms with Crippen molar-refractivity contribution in [2.24, 2.45) is 0 Å². The Kier molecular flexibility index (Phi) is 5.50. The highest BCUT2D eigenvalue weighted by molar-refractivity contribution is 5.92. The number of nitrogens with zero attached hydrogens (tertiary/aromatic N) is 1. The van der Waals surface area contributed by atoms with E-state index >= 15 is 0 Å². The molecule has 2 unspecified atom stereocenters. The Morgan fingerprint density at radius 1 is 1.27 bits per heavy atom. The van der Waals surface area contributed by atoms with Crippen LogP contribution in [-0.2, 0) is 4.79 Å². The van der Waals surface area contributed by atoms with Crippen molar-refractivity contribution in [3.63, 3.8) is 0 Å². The number of carbonyl (C=O) groups excluding carboxylic acids is 1. The van der Waals surface area contributed by atoms with Crippen LogP contribution in [0.3, 0.4) is 0 Å². The van der Waals surface area contributed by atoms with Gasteiger partial charge in [-0.1, -0.05) is 0 Å². The van der Waals surface area contributed by atoms with Gasteiger partial charge in [-0.3, -0.25) is 9.69 Å². The number of anilines is 1. The van der Waals surface area contributed by atoms with E-state index in [1.54, 1.807) is 6.07 Å². The Morgan fingerprint density at radius 3 is 2.68 bits per heavy atom. The van der Waals surface area contributed by atoms with Crippen molar-refractivity contribution in [1.82, 2.24) is 10.2 Å². The predicted molar refractivity (Wildman–Crippen MR) is 86.9 cm³/mol. The van der Waals surface area contributed by atoms with E-state index in [1.807, 2.05) is 12.1 Å². The lowest BCUT2D eigenvalue weighted by molar-refractivity contribution is -0.117. The van der Waals surface area contributed by atoms with Crippen LogP contribution in [-0.4, -0.2) is 49.3 Å². The molecule has 3 rings (SSSR count). The van der Waals surface area contributed by atoms with Gasteiger partial charge in [0.15, 0.2) is 11.5 Å². The second-order valence-corrected chi connectivity index (χ2v) is 5.78. The molecule has 1 fully saturated rings. The summed E-state index contributed by atoms with van der Waals surface area (Å²) in [4.78, 5) is 14.3. The molecule has 0 aliphatic carbocycles. The van der Waals surface area contributed by atoms with Crippen molar-refractivity contribution in [2.45, 2.75) is 25.9 Å². The molecule has 2 heterocycles. The first kappa shape index (κ1) is 16.9. The molecule has 1 saturated heterocycles. The van der Waals surface area contributed by atoms with E-state index in [9.17, 15) is 4.79 Å². The van der Waals surface area contributed by atoms with Crippen LogP contribution in [0.4, 0.5) is 5.69 Å². The van der Waals surface area contributed by atoms with Crippen LogP contribution in [0.1, 0.15) is 13.8 Å². The molecule has 122 valence electrons. The van der Waals surface area contributed by atoms with Gasteiger partial charge < -0.3 is 20.1 Å². The first-order chi connectivity index (χ1) is 10.1. The predicted octanol–water partition coefficient (Wildman–Crippen LogP) is 1.46. The minimum Gasteiger partial charge on any atom is -0.454 e. The topological polar surface area (TPSA) is 62.8 Å². The van der Waals surface area contributed by atoms with Gasteiger partial charge in [-0.25, -0.2) is 0 Å². The second-order valence-electron chi connectivity index (χ2n) is 5.78. The fraction of sp³-hybridized carbons (Fsp3) is 0.533. The van der Waals surface area contributed by atoms with Crippen molar-refractivity contribution in [1.29, 1.82) is 0 Å². The third-order valence-corrected chi connectivity index (χ3v) is 3.66. The van der Waals surface area contributed by atoms with Crippen LogP contribution in [0.5, 0.6) is 11.5 Å². The molecule has 2 atom stereocenters. The minimum atomic E-state index is -0.00448. The number of hydrogen-bond donors (Lipinski definition) is 2. The summed E-state index contributed by atoms with van der Waals surface area (Å²) in [5, 5.41) is 6.37. The van der Waals surface area contributed by atoms with Gasteiger partial charge in [0.25, 0.3) is 0 Å². The highest BCUT2D eigenvalue weighted by Gasteiger charge is 2.22. The highest BCUT2D eigenvalue weighted by Crippen LogP contribution is 2.34. The van der Waals surface area contributed by atoms with Crippen molar-refractivity contribution in [3.8, 4) is 11.5 Å². The number of ether oxygens (including phenoxy) is 2. The van der Waals surface area contributed by atoms with E-state index in [2.05, 4.69) is 29.4 Å². The third kappa shape index (κ3) is 4.03. The van der Waals surface area contributed by atoms with Gasteiger partial charge in [-0.15, -0.1) is 12.4 Å². The summed E-state index contributed by atoms with van der Waals surface area (Å²) >= 11 is 0. The number of hydrogen-bond acceptors (Lipinski definition) is 5. The molecule has 22 heavy (non-hydrogen) atoms. The summed E-state index contributed by atoms with van der Waals surface area (Å²) in [7, 11) is 0. The lowest BCUT2D eigenvalue weighted by Crippen LogP contribution is -2.55. The molecule has 0 spiro atoms. The third-order valence-electron chi connectivity index (χ3n) is 3.66. The zero-order valence-electron chi connectivity index (χ0n) is 12.8. The van der Waals surface area contributed by atoms with E-state index in [1.165, 1.54) is 0 Å².